The SMILES string of the molecule is Cc1onc(-c2ccccc2)c1C(=O)Nc1ccccc1N1CCN(C)CC1. The number of para-hydroxylation sites is 2. The van der Waals surface area contributed by atoms with E-state index in [-0.39, 0.29) is 5.91 Å². The lowest BCUT2D eigenvalue weighted by atomic mass is 10.1. The van der Waals surface area contributed by atoms with Crippen LogP contribution in [0, 0.1) is 6.92 Å². The summed E-state index contributed by atoms with van der Waals surface area (Å²) in [6.45, 7) is 5.65. The summed E-state index contributed by atoms with van der Waals surface area (Å²) >= 11 is 0. The third kappa shape index (κ3) is 3.64. The Balaban J connectivity index is 1.61. The van der Waals surface area contributed by atoms with Crippen molar-refractivity contribution in [3.63, 3.8) is 0 Å². The fraction of sp³-hybridized carbons (Fsp3) is 0.273. The second-order valence-corrected chi connectivity index (χ2v) is 7.09. The van der Waals surface area contributed by atoms with Gasteiger partial charge in [-0.05, 0) is 26.1 Å². The summed E-state index contributed by atoms with van der Waals surface area (Å²) in [7, 11) is 2.13. The van der Waals surface area contributed by atoms with Crippen molar-refractivity contribution in [1.82, 2.24) is 10.1 Å². The maximum atomic E-state index is 13.1. The van der Waals surface area contributed by atoms with E-state index in [9.17, 15) is 4.79 Å². The lowest BCUT2D eigenvalue weighted by molar-refractivity contribution is 0.102. The van der Waals surface area contributed by atoms with Gasteiger partial charge in [-0.2, -0.15) is 0 Å². The number of carbonyl (C=O) groups is 1. The minimum atomic E-state index is -0.209. The number of carbonyl (C=O) groups excluding carboxylic acids is 1. The van der Waals surface area contributed by atoms with Crippen molar-refractivity contribution in [1.29, 1.82) is 0 Å². The van der Waals surface area contributed by atoms with Gasteiger partial charge in [-0.3, -0.25) is 4.79 Å². The zero-order valence-electron chi connectivity index (χ0n) is 16.2. The van der Waals surface area contributed by atoms with Crippen molar-refractivity contribution in [2.45, 2.75) is 6.92 Å². The van der Waals surface area contributed by atoms with E-state index in [4.69, 9.17) is 4.52 Å². The Morgan fingerprint density at radius 1 is 1.00 bits per heavy atom. The third-order valence-electron chi connectivity index (χ3n) is 5.13. The van der Waals surface area contributed by atoms with Crippen LogP contribution in [0.1, 0.15) is 16.1 Å². The van der Waals surface area contributed by atoms with E-state index in [1.807, 2.05) is 48.5 Å². The molecule has 1 aliphatic heterocycles. The van der Waals surface area contributed by atoms with Gasteiger partial charge >= 0.3 is 0 Å². The largest absolute Gasteiger partial charge is 0.367 e. The molecule has 4 rings (SSSR count). The molecule has 1 aliphatic rings. The van der Waals surface area contributed by atoms with Gasteiger partial charge in [-0.25, -0.2) is 0 Å². The maximum Gasteiger partial charge on any atom is 0.261 e. The summed E-state index contributed by atoms with van der Waals surface area (Å²) in [5, 5.41) is 7.20. The van der Waals surface area contributed by atoms with Gasteiger partial charge in [0.15, 0.2) is 0 Å². The summed E-state index contributed by atoms with van der Waals surface area (Å²) in [4.78, 5) is 17.8. The van der Waals surface area contributed by atoms with Gasteiger partial charge in [0.1, 0.15) is 17.0 Å². The van der Waals surface area contributed by atoms with Crippen molar-refractivity contribution in [2.24, 2.45) is 0 Å². The number of benzene rings is 2. The number of nitrogens with one attached hydrogen (secondary N) is 1. The number of piperazine rings is 1. The molecule has 28 heavy (non-hydrogen) atoms. The molecular formula is C22H24N4O2. The molecule has 0 spiro atoms. The smallest absolute Gasteiger partial charge is 0.261 e. The first-order valence-corrected chi connectivity index (χ1v) is 9.49. The Labute approximate surface area is 164 Å². The normalized spacial score (nSPS) is 14.9. The molecule has 1 aromatic heterocycles. The van der Waals surface area contributed by atoms with Crippen molar-refractivity contribution < 1.29 is 9.32 Å². The fourth-order valence-electron chi connectivity index (χ4n) is 3.52. The summed E-state index contributed by atoms with van der Waals surface area (Å²) < 4.78 is 5.34. The minimum Gasteiger partial charge on any atom is -0.367 e. The first-order chi connectivity index (χ1) is 13.6. The highest BCUT2D eigenvalue weighted by atomic mass is 16.5. The van der Waals surface area contributed by atoms with Crippen molar-refractivity contribution in [3.05, 3.63) is 65.9 Å². The molecule has 1 N–H and O–H groups in total. The second kappa shape index (κ2) is 7.86. The van der Waals surface area contributed by atoms with Crippen LogP contribution in [0.2, 0.25) is 0 Å². The van der Waals surface area contributed by atoms with Crippen LogP contribution in [0.4, 0.5) is 11.4 Å². The summed E-state index contributed by atoms with van der Waals surface area (Å²) in [6, 6.07) is 17.6. The zero-order chi connectivity index (χ0) is 19.5. The first-order valence-electron chi connectivity index (χ1n) is 9.49. The standard InChI is InChI=1S/C22H24N4O2/c1-16-20(21(24-28-16)17-8-4-3-5-9-17)22(27)23-18-10-6-7-11-19(18)26-14-12-25(2)13-15-26/h3-11H,12-15H2,1-2H3,(H,23,27). The number of aryl methyl sites for hydroxylation is 1. The third-order valence-corrected chi connectivity index (χ3v) is 5.13. The number of anilines is 2. The van der Waals surface area contributed by atoms with E-state index in [1.54, 1.807) is 6.92 Å². The Bertz CT molecular complexity index is 960. The van der Waals surface area contributed by atoms with E-state index >= 15 is 0 Å². The molecule has 0 atom stereocenters. The molecule has 2 heterocycles. The van der Waals surface area contributed by atoms with Crippen LogP contribution in [0.5, 0.6) is 0 Å². The monoisotopic (exact) mass is 376 g/mol. The van der Waals surface area contributed by atoms with Crippen LogP contribution in [0.15, 0.2) is 59.1 Å². The molecule has 0 unspecified atom stereocenters. The molecule has 0 saturated carbocycles. The quantitative estimate of drug-likeness (QED) is 0.753. The molecule has 6 nitrogen and oxygen atoms in total. The lowest BCUT2D eigenvalue weighted by Gasteiger charge is -2.35. The molecule has 3 aromatic rings. The van der Waals surface area contributed by atoms with Crippen molar-refractivity contribution >= 4 is 17.3 Å². The van der Waals surface area contributed by atoms with E-state index in [0.717, 1.165) is 43.1 Å². The topological polar surface area (TPSA) is 61.6 Å². The highest BCUT2D eigenvalue weighted by molar-refractivity contribution is 6.10. The van der Waals surface area contributed by atoms with Gasteiger partial charge < -0.3 is 19.6 Å². The van der Waals surface area contributed by atoms with Gasteiger partial charge in [-0.1, -0.05) is 47.6 Å². The fourth-order valence-corrected chi connectivity index (χ4v) is 3.52. The van der Waals surface area contributed by atoms with Crippen LogP contribution in [0.25, 0.3) is 11.3 Å². The van der Waals surface area contributed by atoms with Gasteiger partial charge in [0.05, 0.1) is 11.4 Å². The van der Waals surface area contributed by atoms with E-state index in [2.05, 4.69) is 33.4 Å². The average molecular weight is 376 g/mol. The van der Waals surface area contributed by atoms with E-state index in [0.29, 0.717) is 17.0 Å². The Morgan fingerprint density at radius 3 is 2.43 bits per heavy atom. The number of hydrogen-bond acceptors (Lipinski definition) is 5. The number of likely N-dealkylation sites (N-methyl/N-ethyl adjacent to an activating group) is 1. The van der Waals surface area contributed by atoms with Gasteiger partial charge in [-0.15, -0.1) is 0 Å². The molecular weight excluding hydrogens is 352 g/mol. The number of aromatic nitrogens is 1. The molecule has 0 aliphatic carbocycles. The van der Waals surface area contributed by atoms with E-state index < -0.39 is 0 Å². The van der Waals surface area contributed by atoms with Crippen LogP contribution >= 0.6 is 0 Å². The van der Waals surface area contributed by atoms with Crippen molar-refractivity contribution in [3.8, 4) is 11.3 Å². The van der Waals surface area contributed by atoms with Crippen LogP contribution in [-0.4, -0.2) is 49.2 Å². The molecule has 2 aromatic carbocycles. The number of hydrogen-bond donors (Lipinski definition) is 1. The molecule has 0 bridgehead atoms. The van der Waals surface area contributed by atoms with Crippen molar-refractivity contribution in [2.75, 3.05) is 43.4 Å². The van der Waals surface area contributed by atoms with Crippen LogP contribution < -0.4 is 10.2 Å². The molecule has 1 saturated heterocycles. The maximum absolute atomic E-state index is 13.1. The highest BCUT2D eigenvalue weighted by Crippen LogP contribution is 2.30. The summed E-state index contributed by atoms with van der Waals surface area (Å²) in [5.41, 5.74) is 3.74. The summed E-state index contributed by atoms with van der Waals surface area (Å²) in [5.74, 6) is 0.299. The molecule has 1 fully saturated rings. The Hall–Kier alpha value is -3.12. The Morgan fingerprint density at radius 2 is 1.68 bits per heavy atom. The van der Waals surface area contributed by atoms with Crippen LogP contribution in [-0.2, 0) is 0 Å². The predicted molar refractivity (Wildman–Crippen MR) is 111 cm³/mol. The average Bonchev–Trinajstić information content (AvgIpc) is 3.11. The summed E-state index contributed by atoms with van der Waals surface area (Å²) in [6.07, 6.45) is 0. The van der Waals surface area contributed by atoms with Gasteiger partial charge in [0, 0.05) is 31.7 Å². The number of amides is 1. The van der Waals surface area contributed by atoms with E-state index in [1.165, 1.54) is 0 Å². The first kappa shape index (κ1) is 18.3. The number of rotatable bonds is 4. The zero-order valence-corrected chi connectivity index (χ0v) is 16.2. The highest BCUT2D eigenvalue weighted by Gasteiger charge is 2.23. The second-order valence-electron chi connectivity index (χ2n) is 7.09. The van der Waals surface area contributed by atoms with Gasteiger partial charge in [0.2, 0.25) is 0 Å². The van der Waals surface area contributed by atoms with Gasteiger partial charge in [0.25, 0.3) is 5.91 Å². The predicted octanol–water partition coefficient (Wildman–Crippen LogP) is 3.65. The Kier molecular flexibility index (Phi) is 5.12. The minimum absolute atomic E-state index is 0.209. The molecule has 0 radical (unpaired) electrons. The molecule has 144 valence electrons. The number of nitrogens with zero attached hydrogens (tertiary/aromatic N) is 3. The lowest BCUT2D eigenvalue weighted by Crippen LogP contribution is -2.44. The molecule has 6 heteroatoms. The molecule has 1 amide bonds. The van der Waals surface area contributed by atoms with Crippen LogP contribution in [0.3, 0.4) is 0 Å².